The molecule has 2 heterocycles. The van der Waals surface area contributed by atoms with E-state index in [0.29, 0.717) is 23.8 Å². The van der Waals surface area contributed by atoms with Gasteiger partial charge in [0.2, 0.25) is 0 Å². The van der Waals surface area contributed by atoms with E-state index in [1.807, 2.05) is 72.6 Å². The van der Waals surface area contributed by atoms with Crippen LogP contribution < -0.4 is 10.9 Å². The number of rotatable bonds is 6. The lowest BCUT2D eigenvalue weighted by molar-refractivity contribution is 0.410. The van der Waals surface area contributed by atoms with Gasteiger partial charge in [-0.2, -0.15) is 0 Å². The second-order valence-electron chi connectivity index (χ2n) is 7.91. The number of fused-ring (bicyclic) bond motifs is 1. The molecular formula is C26H26N4OS. The summed E-state index contributed by atoms with van der Waals surface area (Å²) in [5, 5.41) is 4.89. The fraction of sp³-hybridized carbons (Fsp3) is 0.192. The fourth-order valence-corrected chi connectivity index (χ4v) is 3.84. The summed E-state index contributed by atoms with van der Waals surface area (Å²) in [5.41, 5.74) is 5.76. The van der Waals surface area contributed by atoms with Gasteiger partial charge in [0.05, 0.1) is 6.54 Å². The topological polar surface area (TPSA) is 61.0 Å². The van der Waals surface area contributed by atoms with Crippen molar-refractivity contribution in [3.05, 3.63) is 106 Å². The number of aromatic nitrogens is 2. The lowest BCUT2D eigenvalue weighted by Crippen LogP contribution is -2.35. The number of aryl methyl sites for hydroxylation is 2. The van der Waals surface area contributed by atoms with Gasteiger partial charge < -0.3 is 15.2 Å². The van der Waals surface area contributed by atoms with Gasteiger partial charge in [-0.05, 0) is 78.5 Å². The van der Waals surface area contributed by atoms with Crippen molar-refractivity contribution in [2.24, 2.45) is 0 Å². The third kappa shape index (κ3) is 5.21. The predicted molar refractivity (Wildman–Crippen MR) is 135 cm³/mol. The molecule has 2 aromatic carbocycles. The molecule has 0 amide bonds. The molecule has 0 radical (unpaired) electrons. The van der Waals surface area contributed by atoms with Crippen molar-refractivity contribution >= 4 is 33.9 Å². The quantitative estimate of drug-likeness (QED) is 0.402. The van der Waals surface area contributed by atoms with Crippen LogP contribution >= 0.6 is 12.2 Å². The van der Waals surface area contributed by atoms with Crippen molar-refractivity contribution in [3.63, 3.8) is 0 Å². The van der Waals surface area contributed by atoms with Crippen LogP contribution in [0.4, 0.5) is 5.69 Å². The molecular weight excluding hydrogens is 416 g/mol. The van der Waals surface area contributed by atoms with Crippen LogP contribution in [0.3, 0.4) is 0 Å². The second kappa shape index (κ2) is 9.75. The molecule has 4 rings (SSSR count). The van der Waals surface area contributed by atoms with Crippen LogP contribution in [-0.2, 0) is 19.5 Å². The van der Waals surface area contributed by atoms with Gasteiger partial charge in [-0.3, -0.25) is 9.78 Å². The fourth-order valence-electron chi connectivity index (χ4n) is 3.60. The number of pyridine rings is 2. The van der Waals surface area contributed by atoms with E-state index in [4.69, 9.17) is 12.2 Å². The number of H-pyrrole nitrogens is 1. The number of thiocarbonyl (C=S) groups is 1. The minimum Gasteiger partial charge on any atom is -0.340 e. The maximum Gasteiger partial charge on any atom is 0.253 e. The number of anilines is 1. The highest BCUT2D eigenvalue weighted by Gasteiger charge is 2.15. The van der Waals surface area contributed by atoms with Gasteiger partial charge in [0.1, 0.15) is 0 Å². The van der Waals surface area contributed by atoms with Gasteiger partial charge in [0.25, 0.3) is 5.56 Å². The van der Waals surface area contributed by atoms with E-state index < -0.39 is 0 Å². The zero-order chi connectivity index (χ0) is 22.5. The Balaban J connectivity index is 1.64. The van der Waals surface area contributed by atoms with E-state index in [9.17, 15) is 4.79 Å². The van der Waals surface area contributed by atoms with Crippen molar-refractivity contribution in [1.82, 2.24) is 14.9 Å². The van der Waals surface area contributed by atoms with Gasteiger partial charge in [0, 0.05) is 35.7 Å². The summed E-state index contributed by atoms with van der Waals surface area (Å²) >= 11 is 5.75. The zero-order valence-electron chi connectivity index (χ0n) is 18.3. The summed E-state index contributed by atoms with van der Waals surface area (Å²) in [6.07, 6.45) is 4.51. The third-order valence-electron chi connectivity index (χ3n) is 5.44. The molecule has 162 valence electrons. The number of hydrogen-bond acceptors (Lipinski definition) is 3. The molecule has 0 atom stereocenters. The van der Waals surface area contributed by atoms with E-state index in [-0.39, 0.29) is 5.56 Å². The van der Waals surface area contributed by atoms with E-state index >= 15 is 0 Å². The van der Waals surface area contributed by atoms with Crippen molar-refractivity contribution in [2.75, 3.05) is 5.32 Å². The van der Waals surface area contributed by atoms with Gasteiger partial charge in [0.15, 0.2) is 5.11 Å². The van der Waals surface area contributed by atoms with Crippen molar-refractivity contribution in [2.45, 2.75) is 33.4 Å². The van der Waals surface area contributed by atoms with Gasteiger partial charge >= 0.3 is 0 Å². The molecule has 32 heavy (non-hydrogen) atoms. The van der Waals surface area contributed by atoms with Crippen molar-refractivity contribution in [1.29, 1.82) is 0 Å². The van der Waals surface area contributed by atoms with Crippen LogP contribution in [0.25, 0.3) is 10.9 Å². The molecule has 0 bridgehead atoms. The monoisotopic (exact) mass is 442 g/mol. The maximum absolute atomic E-state index is 12.8. The lowest BCUT2D eigenvalue weighted by Gasteiger charge is -2.26. The Labute approximate surface area is 193 Å². The standard InChI is InChI=1S/C26H26N4OS/c1-3-19-8-11-24-21(13-19)14-22(25(31)29-24)17-30(16-20-5-4-12-27-15-20)26(32)28-23-9-6-18(2)7-10-23/h4-15H,3,16-17H2,1-2H3,(H,28,32)(H,29,31). The summed E-state index contributed by atoms with van der Waals surface area (Å²) in [6.45, 7) is 5.09. The molecule has 0 saturated heterocycles. The summed E-state index contributed by atoms with van der Waals surface area (Å²) in [6, 6.07) is 20.1. The Hall–Kier alpha value is -3.51. The van der Waals surface area contributed by atoms with Gasteiger partial charge in [-0.1, -0.05) is 36.8 Å². The first kappa shape index (κ1) is 21.7. The smallest absolute Gasteiger partial charge is 0.253 e. The molecule has 0 spiro atoms. The third-order valence-corrected chi connectivity index (χ3v) is 5.80. The summed E-state index contributed by atoms with van der Waals surface area (Å²) in [7, 11) is 0. The first-order chi connectivity index (χ1) is 15.5. The SMILES string of the molecule is CCc1ccc2[nH]c(=O)c(CN(Cc3cccnc3)C(=S)Nc3ccc(C)cc3)cc2c1. The Kier molecular flexibility index (Phi) is 6.61. The number of benzene rings is 2. The number of nitrogens with one attached hydrogen (secondary N) is 2. The number of hydrogen-bond donors (Lipinski definition) is 2. The molecule has 6 heteroatoms. The van der Waals surface area contributed by atoms with Crippen LogP contribution in [0.2, 0.25) is 0 Å². The molecule has 0 aliphatic rings. The van der Waals surface area contributed by atoms with Crippen LogP contribution in [0, 0.1) is 6.92 Å². The summed E-state index contributed by atoms with van der Waals surface area (Å²) in [4.78, 5) is 22.1. The molecule has 0 fully saturated rings. The number of aromatic amines is 1. The normalized spacial score (nSPS) is 10.8. The minimum absolute atomic E-state index is 0.101. The van der Waals surface area contributed by atoms with Crippen molar-refractivity contribution < 1.29 is 0 Å². The van der Waals surface area contributed by atoms with Crippen LogP contribution in [0.5, 0.6) is 0 Å². The molecule has 0 aliphatic carbocycles. The van der Waals surface area contributed by atoms with Gasteiger partial charge in [-0.15, -0.1) is 0 Å². The van der Waals surface area contributed by atoms with E-state index in [0.717, 1.165) is 28.6 Å². The Morgan fingerprint density at radius 1 is 1.06 bits per heavy atom. The van der Waals surface area contributed by atoms with Crippen LogP contribution in [0.15, 0.2) is 77.9 Å². The Morgan fingerprint density at radius 3 is 2.59 bits per heavy atom. The highest BCUT2D eigenvalue weighted by atomic mass is 32.1. The maximum atomic E-state index is 12.8. The molecule has 0 saturated carbocycles. The van der Waals surface area contributed by atoms with E-state index in [1.54, 1.807) is 6.20 Å². The van der Waals surface area contributed by atoms with Crippen LogP contribution in [0.1, 0.15) is 29.2 Å². The number of nitrogens with zero attached hydrogens (tertiary/aromatic N) is 2. The van der Waals surface area contributed by atoms with Gasteiger partial charge in [-0.25, -0.2) is 0 Å². The zero-order valence-corrected chi connectivity index (χ0v) is 19.1. The predicted octanol–water partition coefficient (Wildman–Crippen LogP) is 5.19. The second-order valence-corrected chi connectivity index (χ2v) is 8.30. The Bertz CT molecular complexity index is 1280. The van der Waals surface area contributed by atoms with Crippen LogP contribution in [-0.4, -0.2) is 20.0 Å². The average Bonchev–Trinajstić information content (AvgIpc) is 2.81. The minimum atomic E-state index is -0.101. The molecule has 0 aliphatic heterocycles. The molecule has 2 aromatic heterocycles. The summed E-state index contributed by atoms with van der Waals surface area (Å²) < 4.78 is 0. The molecule has 2 N–H and O–H groups in total. The highest BCUT2D eigenvalue weighted by molar-refractivity contribution is 7.80. The van der Waals surface area contributed by atoms with E-state index in [2.05, 4.69) is 28.3 Å². The molecule has 5 nitrogen and oxygen atoms in total. The largest absolute Gasteiger partial charge is 0.340 e. The van der Waals surface area contributed by atoms with Crippen molar-refractivity contribution in [3.8, 4) is 0 Å². The lowest BCUT2D eigenvalue weighted by atomic mass is 10.1. The van der Waals surface area contributed by atoms with E-state index in [1.165, 1.54) is 11.1 Å². The first-order valence-electron chi connectivity index (χ1n) is 10.7. The summed E-state index contributed by atoms with van der Waals surface area (Å²) in [5.74, 6) is 0. The molecule has 4 aromatic rings. The average molecular weight is 443 g/mol. The Morgan fingerprint density at radius 2 is 1.88 bits per heavy atom. The molecule has 0 unspecified atom stereocenters. The highest BCUT2D eigenvalue weighted by Crippen LogP contribution is 2.17. The first-order valence-corrected chi connectivity index (χ1v) is 11.1.